The highest BCUT2D eigenvalue weighted by Crippen LogP contribution is 2.27. The van der Waals surface area contributed by atoms with Crippen LogP contribution < -0.4 is 0 Å². The van der Waals surface area contributed by atoms with Gasteiger partial charge in [0.1, 0.15) is 6.10 Å². The van der Waals surface area contributed by atoms with E-state index in [2.05, 4.69) is 20.9 Å². The highest BCUT2D eigenvalue weighted by atomic mass is 79.9. The summed E-state index contributed by atoms with van der Waals surface area (Å²) >= 11 is 3.48. The van der Waals surface area contributed by atoms with Gasteiger partial charge >= 0.3 is 0 Å². The van der Waals surface area contributed by atoms with Crippen molar-refractivity contribution in [3.05, 3.63) is 69.8 Å². The van der Waals surface area contributed by atoms with Gasteiger partial charge in [0.2, 0.25) is 0 Å². The summed E-state index contributed by atoms with van der Waals surface area (Å²) in [5.74, 6) is 0. The fourth-order valence-electron chi connectivity index (χ4n) is 2.27. The van der Waals surface area contributed by atoms with Crippen LogP contribution in [-0.4, -0.2) is 10.1 Å². The van der Waals surface area contributed by atoms with Crippen LogP contribution in [0.2, 0.25) is 0 Å². The fraction of sp³-hybridized carbons (Fsp3) is 0.125. The van der Waals surface area contributed by atoms with E-state index in [-0.39, 0.29) is 0 Å². The maximum absolute atomic E-state index is 10.5. The van der Waals surface area contributed by atoms with E-state index < -0.39 is 6.10 Å². The lowest BCUT2D eigenvalue weighted by molar-refractivity contribution is 0.220. The van der Waals surface area contributed by atoms with Gasteiger partial charge in [0.15, 0.2) is 0 Å². The summed E-state index contributed by atoms with van der Waals surface area (Å²) in [6.07, 6.45) is 1.32. The van der Waals surface area contributed by atoms with Crippen LogP contribution >= 0.6 is 15.9 Å². The van der Waals surface area contributed by atoms with E-state index in [0.717, 1.165) is 32.1 Å². The Labute approximate surface area is 120 Å². The zero-order valence-corrected chi connectivity index (χ0v) is 12.1. The first-order valence-electron chi connectivity index (χ1n) is 6.16. The average molecular weight is 316 g/mol. The molecular formula is C16H14BrNO. The summed E-state index contributed by atoms with van der Waals surface area (Å²) in [6.45, 7) is 2.02. The molecular weight excluding hydrogens is 302 g/mol. The van der Waals surface area contributed by atoms with Crippen molar-refractivity contribution >= 4 is 26.8 Å². The highest BCUT2D eigenvalue weighted by Gasteiger charge is 2.12. The molecule has 2 nitrogen and oxygen atoms in total. The van der Waals surface area contributed by atoms with E-state index in [1.807, 2.05) is 55.6 Å². The van der Waals surface area contributed by atoms with Crippen LogP contribution in [0.15, 0.2) is 53.1 Å². The number of fused-ring (bicyclic) bond motifs is 1. The summed E-state index contributed by atoms with van der Waals surface area (Å²) < 4.78 is 1.06. The third-order valence-corrected chi connectivity index (χ3v) is 4.28. The molecule has 3 heteroatoms. The number of hydrogen-bond donors (Lipinski definition) is 2. The van der Waals surface area contributed by atoms with Crippen molar-refractivity contribution in [2.75, 3.05) is 0 Å². The summed E-state index contributed by atoms with van der Waals surface area (Å²) in [6, 6.07) is 13.9. The summed E-state index contributed by atoms with van der Waals surface area (Å²) in [7, 11) is 0. The number of aryl methyl sites for hydroxylation is 1. The second kappa shape index (κ2) is 4.83. The van der Waals surface area contributed by atoms with E-state index >= 15 is 0 Å². The predicted octanol–water partition coefficient (Wildman–Crippen LogP) is 4.32. The molecule has 1 aromatic heterocycles. The minimum absolute atomic E-state index is 0.592. The zero-order chi connectivity index (χ0) is 13.4. The number of hydrogen-bond acceptors (Lipinski definition) is 1. The van der Waals surface area contributed by atoms with Crippen LogP contribution in [0, 0.1) is 6.92 Å². The van der Waals surface area contributed by atoms with Crippen LogP contribution in [-0.2, 0) is 0 Å². The standard InChI is InChI=1S/C16H14BrNO/c1-10-8-12(2-4-14(10)17)16(19)13-3-5-15-11(9-13)6-7-18-15/h2-9,16,18-19H,1H3. The van der Waals surface area contributed by atoms with Crippen molar-refractivity contribution in [1.82, 2.24) is 4.98 Å². The molecule has 0 fully saturated rings. The summed E-state index contributed by atoms with van der Waals surface area (Å²) in [5, 5.41) is 11.6. The molecule has 0 spiro atoms. The molecule has 0 aliphatic carbocycles. The van der Waals surface area contributed by atoms with Gasteiger partial charge in [-0.05, 0) is 53.3 Å². The van der Waals surface area contributed by atoms with Gasteiger partial charge < -0.3 is 10.1 Å². The minimum atomic E-state index is -0.592. The van der Waals surface area contributed by atoms with Crippen LogP contribution in [0.1, 0.15) is 22.8 Å². The average Bonchev–Trinajstić information content (AvgIpc) is 2.88. The summed E-state index contributed by atoms with van der Waals surface area (Å²) in [5.41, 5.74) is 4.03. The minimum Gasteiger partial charge on any atom is -0.384 e. The van der Waals surface area contributed by atoms with Gasteiger partial charge in [0.25, 0.3) is 0 Å². The second-order valence-corrected chi connectivity index (χ2v) is 5.59. The first-order valence-corrected chi connectivity index (χ1v) is 6.95. The number of aromatic nitrogens is 1. The molecule has 1 heterocycles. The molecule has 2 N–H and O–H groups in total. The molecule has 3 aromatic rings. The zero-order valence-electron chi connectivity index (χ0n) is 10.5. The van der Waals surface area contributed by atoms with Gasteiger partial charge in [-0.15, -0.1) is 0 Å². The third-order valence-electron chi connectivity index (χ3n) is 3.39. The largest absolute Gasteiger partial charge is 0.384 e. The number of halogens is 1. The Morgan fingerprint density at radius 2 is 1.79 bits per heavy atom. The van der Waals surface area contributed by atoms with E-state index in [1.165, 1.54) is 0 Å². The first kappa shape index (κ1) is 12.5. The molecule has 0 bridgehead atoms. The number of rotatable bonds is 2. The molecule has 0 radical (unpaired) electrons. The normalized spacial score (nSPS) is 12.8. The SMILES string of the molecule is Cc1cc(C(O)c2ccc3[nH]ccc3c2)ccc1Br. The molecule has 19 heavy (non-hydrogen) atoms. The van der Waals surface area contributed by atoms with Crippen LogP contribution in [0.25, 0.3) is 10.9 Å². The molecule has 3 rings (SSSR count). The van der Waals surface area contributed by atoms with Gasteiger partial charge in [-0.1, -0.05) is 34.1 Å². The molecule has 0 saturated heterocycles. The summed E-state index contributed by atoms with van der Waals surface area (Å²) in [4.78, 5) is 3.15. The molecule has 0 amide bonds. The molecule has 2 aromatic carbocycles. The molecule has 1 atom stereocenters. The lowest BCUT2D eigenvalue weighted by Crippen LogP contribution is -2.00. The van der Waals surface area contributed by atoms with Crippen LogP contribution in [0.5, 0.6) is 0 Å². The number of aliphatic hydroxyl groups excluding tert-OH is 1. The van der Waals surface area contributed by atoms with Gasteiger partial charge in [0.05, 0.1) is 0 Å². The van der Waals surface area contributed by atoms with Gasteiger partial charge in [-0.2, -0.15) is 0 Å². The Kier molecular flexibility index (Phi) is 3.17. The van der Waals surface area contributed by atoms with Gasteiger partial charge in [0, 0.05) is 16.2 Å². The highest BCUT2D eigenvalue weighted by molar-refractivity contribution is 9.10. The van der Waals surface area contributed by atoms with Crippen molar-refractivity contribution in [2.45, 2.75) is 13.0 Å². The number of H-pyrrole nitrogens is 1. The van der Waals surface area contributed by atoms with Crippen molar-refractivity contribution < 1.29 is 5.11 Å². The molecule has 1 unspecified atom stereocenters. The number of nitrogens with one attached hydrogen (secondary N) is 1. The van der Waals surface area contributed by atoms with E-state index in [4.69, 9.17) is 0 Å². The Morgan fingerprint density at radius 3 is 2.58 bits per heavy atom. The smallest absolute Gasteiger partial charge is 0.104 e. The van der Waals surface area contributed by atoms with Crippen LogP contribution in [0.3, 0.4) is 0 Å². The van der Waals surface area contributed by atoms with Crippen molar-refractivity contribution in [2.24, 2.45) is 0 Å². The molecule has 0 aliphatic rings. The maximum atomic E-state index is 10.5. The number of aliphatic hydroxyl groups is 1. The van der Waals surface area contributed by atoms with Gasteiger partial charge in [-0.3, -0.25) is 0 Å². The predicted molar refractivity (Wildman–Crippen MR) is 81.2 cm³/mol. The lowest BCUT2D eigenvalue weighted by Gasteiger charge is -2.13. The quantitative estimate of drug-likeness (QED) is 0.726. The number of aromatic amines is 1. The Hall–Kier alpha value is -1.58. The lowest BCUT2D eigenvalue weighted by atomic mass is 9.99. The van der Waals surface area contributed by atoms with Crippen molar-refractivity contribution in [3.63, 3.8) is 0 Å². The van der Waals surface area contributed by atoms with E-state index in [0.29, 0.717) is 0 Å². The Morgan fingerprint density at radius 1 is 1.05 bits per heavy atom. The molecule has 0 aliphatic heterocycles. The van der Waals surface area contributed by atoms with Crippen LogP contribution in [0.4, 0.5) is 0 Å². The topological polar surface area (TPSA) is 36.0 Å². The van der Waals surface area contributed by atoms with Crippen molar-refractivity contribution in [3.8, 4) is 0 Å². The molecule has 0 saturated carbocycles. The third kappa shape index (κ3) is 2.31. The molecule has 96 valence electrons. The van der Waals surface area contributed by atoms with E-state index in [1.54, 1.807) is 0 Å². The number of benzene rings is 2. The first-order chi connectivity index (χ1) is 9.15. The Balaban J connectivity index is 2.01. The second-order valence-electron chi connectivity index (χ2n) is 4.74. The Bertz CT molecular complexity index is 732. The van der Waals surface area contributed by atoms with Crippen molar-refractivity contribution in [1.29, 1.82) is 0 Å². The van der Waals surface area contributed by atoms with Gasteiger partial charge in [-0.25, -0.2) is 0 Å². The monoisotopic (exact) mass is 315 g/mol. The van der Waals surface area contributed by atoms with E-state index in [9.17, 15) is 5.11 Å². The maximum Gasteiger partial charge on any atom is 0.104 e. The fourth-order valence-corrected chi connectivity index (χ4v) is 2.52.